The van der Waals surface area contributed by atoms with E-state index in [1.54, 1.807) is 6.92 Å². The molecular weight excluding hydrogens is 464 g/mol. The van der Waals surface area contributed by atoms with Crippen LogP contribution in [-0.4, -0.2) is 29.9 Å². The SMILES string of the molecule is CC(=O)O[C@H]1CC[C@@]2(C)C(C1)C(=O)C[C@H]1[C@@H]3CC[C@H]([C@H](C)[C@H](C[C@@H](C)C(C)C)OC(C)=O)[C@@]3(C)CC[C@@H]12. The standard InChI is InChI=1S/C32H52O5/c1-18(2)19(3)15-30(37-22(6)34)20(4)25-9-10-26-24-17-29(35)28-16-23(36-21(5)33)11-13-32(28,8)27(24)12-14-31(25,26)7/h18-20,23-28,30H,9-17H2,1-8H3/t19-,20+,23+,24+,25-,26+,27+,28?,30+,31-,32-/m1/s1. The molecule has 37 heavy (non-hydrogen) atoms. The normalized spacial score (nSPS) is 41.7. The third-order valence-corrected chi connectivity index (χ3v) is 12.1. The number of fused-ring (bicyclic) bond motifs is 5. The fraction of sp³-hybridized carbons (Fsp3) is 0.906. The van der Waals surface area contributed by atoms with Crippen molar-refractivity contribution in [2.45, 2.75) is 125 Å². The molecule has 0 radical (unpaired) electrons. The summed E-state index contributed by atoms with van der Waals surface area (Å²) in [5, 5.41) is 0. The average molecular weight is 517 g/mol. The Kier molecular flexibility index (Phi) is 8.23. The zero-order valence-electron chi connectivity index (χ0n) is 24.7. The lowest BCUT2D eigenvalue weighted by Crippen LogP contribution is -2.57. The second kappa shape index (κ2) is 10.6. The van der Waals surface area contributed by atoms with Gasteiger partial charge in [-0.2, -0.15) is 0 Å². The highest BCUT2D eigenvalue weighted by Gasteiger charge is 2.63. The van der Waals surface area contributed by atoms with Crippen molar-refractivity contribution >= 4 is 17.7 Å². The van der Waals surface area contributed by atoms with Gasteiger partial charge in [0.15, 0.2) is 0 Å². The number of rotatable bonds is 7. The van der Waals surface area contributed by atoms with Gasteiger partial charge in [0.25, 0.3) is 0 Å². The summed E-state index contributed by atoms with van der Waals surface area (Å²) in [5.41, 5.74) is 0.215. The van der Waals surface area contributed by atoms with Crippen molar-refractivity contribution in [2.75, 3.05) is 0 Å². The van der Waals surface area contributed by atoms with E-state index in [0.29, 0.717) is 60.1 Å². The van der Waals surface area contributed by atoms with E-state index in [1.807, 2.05) is 0 Å². The largest absolute Gasteiger partial charge is 0.463 e. The molecule has 4 aliphatic rings. The lowest BCUT2D eigenvalue weighted by molar-refractivity contribution is -0.170. The molecule has 0 spiro atoms. The Hall–Kier alpha value is -1.39. The molecule has 0 heterocycles. The minimum absolute atomic E-state index is 0.0225. The van der Waals surface area contributed by atoms with Gasteiger partial charge in [-0.1, -0.05) is 41.5 Å². The van der Waals surface area contributed by atoms with Crippen molar-refractivity contribution < 1.29 is 23.9 Å². The second-order valence-electron chi connectivity index (χ2n) is 14.3. The molecule has 0 bridgehead atoms. The van der Waals surface area contributed by atoms with E-state index >= 15 is 0 Å². The zero-order valence-corrected chi connectivity index (χ0v) is 24.7. The van der Waals surface area contributed by atoms with Crippen molar-refractivity contribution in [1.29, 1.82) is 0 Å². The lowest BCUT2D eigenvalue weighted by atomic mass is 9.44. The predicted octanol–water partition coefficient (Wildman–Crippen LogP) is 7.01. The number of ether oxygens (including phenoxy) is 2. The summed E-state index contributed by atoms with van der Waals surface area (Å²) in [4.78, 5) is 37.3. The van der Waals surface area contributed by atoms with E-state index in [0.717, 1.165) is 19.3 Å². The summed E-state index contributed by atoms with van der Waals surface area (Å²) in [7, 11) is 0. The van der Waals surface area contributed by atoms with Crippen LogP contribution in [0.5, 0.6) is 0 Å². The van der Waals surface area contributed by atoms with E-state index in [-0.39, 0.29) is 40.9 Å². The van der Waals surface area contributed by atoms with Gasteiger partial charge in [0, 0.05) is 26.2 Å². The minimum Gasteiger partial charge on any atom is -0.463 e. The Labute approximate surface area is 225 Å². The molecule has 0 N–H and O–H groups in total. The number of ketones is 1. The van der Waals surface area contributed by atoms with Gasteiger partial charge in [0.1, 0.15) is 18.0 Å². The average Bonchev–Trinajstić information content (AvgIpc) is 3.15. The molecule has 1 unspecified atom stereocenters. The van der Waals surface area contributed by atoms with Crippen molar-refractivity contribution in [3.8, 4) is 0 Å². The van der Waals surface area contributed by atoms with Crippen LogP contribution in [0.4, 0.5) is 0 Å². The molecule has 0 saturated heterocycles. The summed E-state index contributed by atoms with van der Waals surface area (Å²) >= 11 is 0. The van der Waals surface area contributed by atoms with Crippen molar-refractivity contribution in [2.24, 2.45) is 58.2 Å². The number of hydrogen-bond donors (Lipinski definition) is 0. The first-order chi connectivity index (χ1) is 17.3. The number of carbonyl (C=O) groups is 3. The van der Waals surface area contributed by atoms with Crippen LogP contribution in [-0.2, 0) is 23.9 Å². The number of carbonyl (C=O) groups excluding carboxylic acids is 3. The zero-order chi connectivity index (χ0) is 27.3. The highest BCUT2D eigenvalue weighted by molar-refractivity contribution is 5.83. The molecule has 0 amide bonds. The van der Waals surface area contributed by atoms with Crippen molar-refractivity contribution in [3.63, 3.8) is 0 Å². The van der Waals surface area contributed by atoms with Crippen molar-refractivity contribution in [3.05, 3.63) is 0 Å². The maximum absolute atomic E-state index is 13.6. The molecule has 4 saturated carbocycles. The van der Waals surface area contributed by atoms with Gasteiger partial charge in [-0.15, -0.1) is 0 Å². The molecule has 4 fully saturated rings. The van der Waals surface area contributed by atoms with Crippen LogP contribution in [0.15, 0.2) is 0 Å². The Morgan fingerprint density at radius 1 is 0.919 bits per heavy atom. The van der Waals surface area contributed by atoms with Gasteiger partial charge in [-0.25, -0.2) is 0 Å². The van der Waals surface area contributed by atoms with E-state index in [9.17, 15) is 14.4 Å². The van der Waals surface area contributed by atoms with Crippen LogP contribution in [0, 0.1) is 58.2 Å². The highest BCUT2D eigenvalue weighted by atomic mass is 16.5. The van der Waals surface area contributed by atoms with Crippen LogP contribution in [0.3, 0.4) is 0 Å². The second-order valence-corrected chi connectivity index (χ2v) is 14.3. The third kappa shape index (κ3) is 5.26. The maximum atomic E-state index is 13.6. The van der Waals surface area contributed by atoms with Gasteiger partial charge in [-0.05, 0) is 104 Å². The molecule has 210 valence electrons. The molecular formula is C32H52O5. The maximum Gasteiger partial charge on any atom is 0.302 e. The van der Waals surface area contributed by atoms with Gasteiger partial charge in [-0.3, -0.25) is 14.4 Å². The Balaban J connectivity index is 1.53. The van der Waals surface area contributed by atoms with Gasteiger partial charge >= 0.3 is 11.9 Å². The van der Waals surface area contributed by atoms with E-state index in [1.165, 1.54) is 32.6 Å². The smallest absolute Gasteiger partial charge is 0.302 e. The molecule has 0 aromatic heterocycles. The monoisotopic (exact) mass is 516 g/mol. The number of esters is 2. The van der Waals surface area contributed by atoms with Crippen LogP contribution in [0.1, 0.15) is 113 Å². The molecule has 5 nitrogen and oxygen atoms in total. The lowest BCUT2D eigenvalue weighted by Gasteiger charge is -2.60. The fourth-order valence-corrected chi connectivity index (χ4v) is 9.73. The summed E-state index contributed by atoms with van der Waals surface area (Å²) in [6.07, 6.45) is 8.76. The van der Waals surface area contributed by atoms with E-state index in [4.69, 9.17) is 9.47 Å². The highest BCUT2D eigenvalue weighted by Crippen LogP contribution is 2.68. The van der Waals surface area contributed by atoms with Crippen LogP contribution in [0.25, 0.3) is 0 Å². The number of Topliss-reactive ketones (excluding diaryl/α,β-unsaturated/α-hetero) is 1. The molecule has 0 aliphatic heterocycles. The quantitative estimate of drug-likeness (QED) is 0.341. The predicted molar refractivity (Wildman–Crippen MR) is 144 cm³/mol. The summed E-state index contributed by atoms with van der Waals surface area (Å²) in [6.45, 7) is 17.0. The molecule has 5 heteroatoms. The van der Waals surface area contributed by atoms with E-state index in [2.05, 4.69) is 41.5 Å². The molecule has 4 rings (SSSR count). The van der Waals surface area contributed by atoms with Crippen LogP contribution < -0.4 is 0 Å². The third-order valence-electron chi connectivity index (χ3n) is 12.1. The van der Waals surface area contributed by atoms with Gasteiger partial charge in [0.05, 0.1) is 0 Å². The molecule has 4 aliphatic carbocycles. The van der Waals surface area contributed by atoms with Crippen LogP contribution >= 0.6 is 0 Å². The van der Waals surface area contributed by atoms with Gasteiger partial charge in [0.2, 0.25) is 0 Å². The Morgan fingerprint density at radius 2 is 1.57 bits per heavy atom. The number of hydrogen-bond acceptors (Lipinski definition) is 5. The first kappa shape index (κ1) is 28.6. The summed E-state index contributed by atoms with van der Waals surface area (Å²) in [5.74, 6) is 3.52. The van der Waals surface area contributed by atoms with Gasteiger partial charge < -0.3 is 9.47 Å². The summed E-state index contributed by atoms with van der Waals surface area (Å²) < 4.78 is 11.5. The van der Waals surface area contributed by atoms with E-state index < -0.39 is 0 Å². The van der Waals surface area contributed by atoms with Crippen LogP contribution in [0.2, 0.25) is 0 Å². The minimum atomic E-state index is -0.232. The Bertz CT molecular complexity index is 880. The topological polar surface area (TPSA) is 69.7 Å². The first-order valence-electron chi connectivity index (χ1n) is 15.1. The summed E-state index contributed by atoms with van der Waals surface area (Å²) in [6, 6.07) is 0. The fourth-order valence-electron chi connectivity index (χ4n) is 9.73. The molecule has 0 aromatic rings. The van der Waals surface area contributed by atoms with Crippen molar-refractivity contribution in [1.82, 2.24) is 0 Å². The first-order valence-corrected chi connectivity index (χ1v) is 15.1. The molecule has 11 atom stereocenters. The molecule has 0 aromatic carbocycles. The Morgan fingerprint density at radius 3 is 2.19 bits per heavy atom.